The molecule has 3 nitrogen and oxygen atoms in total. The van der Waals surface area contributed by atoms with E-state index in [1.54, 1.807) is 5.57 Å². The summed E-state index contributed by atoms with van der Waals surface area (Å²) in [6.07, 6.45) is 13.3. The lowest BCUT2D eigenvalue weighted by Gasteiger charge is -2.59. The van der Waals surface area contributed by atoms with Gasteiger partial charge in [-0.3, -0.25) is 0 Å². The van der Waals surface area contributed by atoms with Crippen molar-refractivity contribution in [3.05, 3.63) is 11.1 Å². The Kier molecular flexibility index (Phi) is 4.26. The predicted molar refractivity (Wildman–Crippen MR) is 105 cm³/mol. The van der Waals surface area contributed by atoms with Crippen molar-refractivity contribution >= 4 is 0 Å². The van der Waals surface area contributed by atoms with Gasteiger partial charge >= 0.3 is 0 Å². The molecule has 4 aliphatic carbocycles. The van der Waals surface area contributed by atoms with E-state index in [0.29, 0.717) is 30.5 Å². The van der Waals surface area contributed by atoms with Gasteiger partial charge in [0.2, 0.25) is 0 Å². The molecule has 1 spiro atoms. The van der Waals surface area contributed by atoms with Crippen molar-refractivity contribution in [3.8, 4) is 6.07 Å². The van der Waals surface area contributed by atoms with Crippen LogP contribution in [0.1, 0.15) is 84.5 Å². The molecule has 0 radical (unpaired) electrons. The van der Waals surface area contributed by atoms with Crippen LogP contribution >= 0.6 is 0 Å². The molecular formula is C24H35NO2. The fourth-order valence-electron chi connectivity index (χ4n) is 8.23. The second kappa shape index (κ2) is 6.33. The van der Waals surface area contributed by atoms with Crippen LogP contribution < -0.4 is 0 Å². The summed E-state index contributed by atoms with van der Waals surface area (Å²) in [7, 11) is 0. The van der Waals surface area contributed by atoms with Gasteiger partial charge in [0.05, 0.1) is 19.3 Å². The van der Waals surface area contributed by atoms with Gasteiger partial charge in [-0.1, -0.05) is 25.8 Å². The second-order valence-corrected chi connectivity index (χ2v) is 10.5. The Labute approximate surface area is 164 Å². The minimum absolute atomic E-state index is 0.304. The van der Waals surface area contributed by atoms with Crippen molar-refractivity contribution in [1.29, 1.82) is 5.26 Å². The van der Waals surface area contributed by atoms with Gasteiger partial charge in [0.15, 0.2) is 5.79 Å². The van der Waals surface area contributed by atoms with Crippen molar-refractivity contribution < 1.29 is 9.47 Å². The predicted octanol–water partition coefficient (Wildman–Crippen LogP) is 5.76. The average molecular weight is 370 g/mol. The Morgan fingerprint density at radius 2 is 1.81 bits per heavy atom. The molecule has 3 saturated carbocycles. The van der Waals surface area contributed by atoms with Crippen molar-refractivity contribution in [1.82, 2.24) is 0 Å². The largest absolute Gasteiger partial charge is 0.344 e. The van der Waals surface area contributed by atoms with Crippen LogP contribution in [-0.4, -0.2) is 19.0 Å². The molecule has 1 aliphatic heterocycles. The normalized spacial score (nSPS) is 45.3. The van der Waals surface area contributed by atoms with E-state index in [9.17, 15) is 5.26 Å². The average Bonchev–Trinajstić information content (AvgIpc) is 3.28. The Morgan fingerprint density at radius 3 is 2.59 bits per heavy atom. The van der Waals surface area contributed by atoms with E-state index >= 15 is 0 Å². The highest BCUT2D eigenvalue weighted by atomic mass is 16.7. The number of allylic oxidation sites excluding steroid dienone is 1. The number of hydrogen-bond donors (Lipinski definition) is 0. The first-order valence-corrected chi connectivity index (χ1v) is 11.4. The third-order valence-corrected chi connectivity index (χ3v) is 9.49. The van der Waals surface area contributed by atoms with Crippen molar-refractivity contribution in [2.24, 2.45) is 28.6 Å². The van der Waals surface area contributed by atoms with Crippen LogP contribution in [0.4, 0.5) is 0 Å². The molecule has 5 aliphatic rings. The molecular weight excluding hydrogens is 334 g/mol. The smallest absolute Gasteiger partial charge is 0.191 e. The van der Waals surface area contributed by atoms with Gasteiger partial charge in [0.1, 0.15) is 0 Å². The zero-order chi connectivity index (χ0) is 18.7. The SMILES string of the molecule is C[C@@]12CCC[C@H]1[C@@H]1CCC3=C(CCC#N)C4(CC[C@]3(C)[C@@H]1CC2)OCCO4. The maximum absolute atomic E-state index is 9.25. The van der Waals surface area contributed by atoms with Crippen molar-refractivity contribution in [2.75, 3.05) is 13.2 Å². The number of ether oxygens (including phenoxy) is 2. The lowest BCUT2D eigenvalue weighted by atomic mass is 9.46. The summed E-state index contributed by atoms with van der Waals surface area (Å²) < 4.78 is 12.4. The molecule has 0 bridgehead atoms. The number of fused-ring (bicyclic) bond motifs is 5. The summed E-state index contributed by atoms with van der Waals surface area (Å²) in [4.78, 5) is 0. The molecule has 1 saturated heterocycles. The molecule has 0 aromatic rings. The van der Waals surface area contributed by atoms with Crippen molar-refractivity contribution in [3.63, 3.8) is 0 Å². The lowest BCUT2D eigenvalue weighted by Crippen LogP contribution is -2.52. The molecule has 0 aromatic heterocycles. The highest BCUT2D eigenvalue weighted by Gasteiger charge is 2.59. The van der Waals surface area contributed by atoms with Gasteiger partial charge in [-0.2, -0.15) is 5.26 Å². The van der Waals surface area contributed by atoms with E-state index in [-0.39, 0.29) is 0 Å². The maximum atomic E-state index is 9.25. The summed E-state index contributed by atoms with van der Waals surface area (Å²) >= 11 is 0. The number of hydrogen-bond acceptors (Lipinski definition) is 3. The fraction of sp³-hybridized carbons (Fsp3) is 0.875. The van der Waals surface area contributed by atoms with Crippen LogP contribution in [0.15, 0.2) is 11.1 Å². The van der Waals surface area contributed by atoms with Gasteiger partial charge in [0.25, 0.3) is 0 Å². The molecule has 0 amide bonds. The summed E-state index contributed by atoms with van der Waals surface area (Å²) in [5.41, 5.74) is 3.93. The standard InChI is InChI=1S/C24H35NO2/c1-22-10-3-5-18(22)17-7-8-20-21(6-4-14-25)24(26-15-16-27-24)13-12-23(20,2)19(17)9-11-22/h17-19H,3-13,15-16H2,1-2H3/t17-,18-,19+,22-,23+/m0/s1. The Balaban J connectivity index is 1.53. The highest BCUT2D eigenvalue weighted by molar-refractivity contribution is 5.35. The minimum atomic E-state index is -0.491. The van der Waals surface area contributed by atoms with Crippen LogP contribution in [0.2, 0.25) is 0 Å². The van der Waals surface area contributed by atoms with E-state index in [2.05, 4.69) is 19.9 Å². The Hall–Kier alpha value is -0.850. The van der Waals surface area contributed by atoms with Gasteiger partial charge in [-0.15, -0.1) is 0 Å². The quantitative estimate of drug-likeness (QED) is 0.581. The first-order chi connectivity index (χ1) is 13.0. The highest BCUT2D eigenvalue weighted by Crippen LogP contribution is 2.67. The van der Waals surface area contributed by atoms with E-state index in [4.69, 9.17) is 9.47 Å². The molecule has 0 N–H and O–H groups in total. The van der Waals surface area contributed by atoms with Gasteiger partial charge in [-0.05, 0) is 85.5 Å². The van der Waals surface area contributed by atoms with Crippen LogP contribution in [0.3, 0.4) is 0 Å². The Bertz CT molecular complexity index is 685. The van der Waals surface area contributed by atoms with E-state index in [0.717, 1.165) is 30.6 Å². The number of rotatable bonds is 2. The first kappa shape index (κ1) is 18.2. The van der Waals surface area contributed by atoms with Crippen LogP contribution in [0, 0.1) is 39.9 Å². The zero-order valence-corrected chi connectivity index (χ0v) is 17.2. The van der Waals surface area contributed by atoms with Crippen LogP contribution in [0.25, 0.3) is 0 Å². The van der Waals surface area contributed by atoms with E-state index < -0.39 is 5.79 Å². The maximum Gasteiger partial charge on any atom is 0.191 e. The molecule has 0 aromatic carbocycles. The summed E-state index contributed by atoms with van der Waals surface area (Å²) in [5, 5.41) is 9.25. The number of nitriles is 1. The third kappa shape index (κ3) is 2.52. The second-order valence-electron chi connectivity index (χ2n) is 10.5. The topological polar surface area (TPSA) is 42.2 Å². The molecule has 148 valence electrons. The summed E-state index contributed by atoms with van der Waals surface area (Å²) in [6.45, 7) is 6.55. The lowest BCUT2D eigenvalue weighted by molar-refractivity contribution is -0.155. The van der Waals surface area contributed by atoms with E-state index in [1.165, 1.54) is 56.9 Å². The van der Waals surface area contributed by atoms with Gasteiger partial charge in [0, 0.05) is 12.8 Å². The molecule has 5 atom stereocenters. The van der Waals surface area contributed by atoms with Crippen LogP contribution in [-0.2, 0) is 9.47 Å². The monoisotopic (exact) mass is 369 g/mol. The number of nitrogens with zero attached hydrogens (tertiary/aromatic N) is 1. The summed E-state index contributed by atoms with van der Waals surface area (Å²) in [5.74, 6) is 2.20. The minimum Gasteiger partial charge on any atom is -0.344 e. The molecule has 4 fully saturated rings. The van der Waals surface area contributed by atoms with Gasteiger partial charge < -0.3 is 9.47 Å². The first-order valence-electron chi connectivity index (χ1n) is 11.4. The van der Waals surface area contributed by atoms with E-state index in [1.807, 2.05) is 0 Å². The van der Waals surface area contributed by atoms with Crippen LogP contribution in [0.5, 0.6) is 0 Å². The van der Waals surface area contributed by atoms with Crippen molar-refractivity contribution in [2.45, 2.75) is 90.3 Å². The third-order valence-electron chi connectivity index (χ3n) is 9.49. The molecule has 0 unspecified atom stereocenters. The summed E-state index contributed by atoms with van der Waals surface area (Å²) in [6, 6.07) is 2.38. The zero-order valence-electron chi connectivity index (χ0n) is 17.2. The fourth-order valence-corrected chi connectivity index (χ4v) is 8.23. The van der Waals surface area contributed by atoms with Gasteiger partial charge in [-0.25, -0.2) is 0 Å². The Morgan fingerprint density at radius 1 is 1.00 bits per heavy atom. The molecule has 5 rings (SSSR count). The molecule has 1 heterocycles. The molecule has 27 heavy (non-hydrogen) atoms. The molecule has 3 heteroatoms.